The highest BCUT2D eigenvalue weighted by atomic mass is 19.1. The summed E-state index contributed by atoms with van der Waals surface area (Å²) in [5.74, 6) is 0.884. The minimum atomic E-state index is -0.385. The van der Waals surface area contributed by atoms with Crippen molar-refractivity contribution in [3.63, 3.8) is 0 Å². The molecule has 27 heavy (non-hydrogen) atoms. The number of aryl methyl sites for hydroxylation is 2. The normalized spacial score (nSPS) is 11.3. The first-order valence-corrected chi connectivity index (χ1v) is 8.90. The molecule has 0 aliphatic heterocycles. The van der Waals surface area contributed by atoms with Crippen LogP contribution in [0.25, 0.3) is 0 Å². The predicted molar refractivity (Wildman–Crippen MR) is 102 cm³/mol. The van der Waals surface area contributed by atoms with Gasteiger partial charge in [0.15, 0.2) is 5.96 Å². The van der Waals surface area contributed by atoms with Gasteiger partial charge < -0.3 is 20.5 Å². The van der Waals surface area contributed by atoms with E-state index in [2.05, 4.69) is 31.1 Å². The van der Waals surface area contributed by atoms with Crippen LogP contribution in [0.15, 0.2) is 29.5 Å². The Hall–Kier alpha value is -2.97. The van der Waals surface area contributed by atoms with Gasteiger partial charge in [-0.05, 0) is 24.6 Å². The van der Waals surface area contributed by atoms with Gasteiger partial charge in [0.05, 0.1) is 0 Å². The molecule has 1 heterocycles. The second-order valence-electron chi connectivity index (χ2n) is 5.94. The van der Waals surface area contributed by atoms with Crippen LogP contribution in [0.2, 0.25) is 0 Å². The van der Waals surface area contributed by atoms with Crippen molar-refractivity contribution in [1.82, 2.24) is 30.7 Å². The third kappa shape index (κ3) is 6.05. The molecule has 0 saturated heterocycles. The zero-order valence-corrected chi connectivity index (χ0v) is 15.9. The van der Waals surface area contributed by atoms with Crippen molar-refractivity contribution in [1.29, 1.82) is 0 Å². The van der Waals surface area contributed by atoms with Gasteiger partial charge in [-0.2, -0.15) is 0 Å². The van der Waals surface area contributed by atoms with Crippen LogP contribution in [0.5, 0.6) is 0 Å². The fraction of sp³-hybridized carbons (Fsp3) is 0.444. The maximum Gasteiger partial charge on any atom is 0.251 e. The van der Waals surface area contributed by atoms with E-state index in [1.165, 1.54) is 6.07 Å². The maximum absolute atomic E-state index is 13.5. The molecule has 0 saturated carbocycles. The van der Waals surface area contributed by atoms with Crippen molar-refractivity contribution < 1.29 is 9.18 Å². The number of carbonyl (C=O) groups excluding carboxylic acids is 1. The van der Waals surface area contributed by atoms with Crippen molar-refractivity contribution in [2.24, 2.45) is 4.99 Å². The summed E-state index contributed by atoms with van der Waals surface area (Å²) in [5.41, 5.74) is 0.821. The van der Waals surface area contributed by atoms with Crippen molar-refractivity contribution in [2.75, 3.05) is 26.7 Å². The van der Waals surface area contributed by atoms with E-state index in [-0.39, 0.29) is 11.7 Å². The van der Waals surface area contributed by atoms with Crippen LogP contribution < -0.4 is 16.0 Å². The van der Waals surface area contributed by atoms with Crippen molar-refractivity contribution >= 4 is 11.9 Å². The summed E-state index contributed by atoms with van der Waals surface area (Å²) in [4.78, 5) is 16.2. The average molecular weight is 375 g/mol. The number of amides is 1. The maximum atomic E-state index is 13.5. The number of guanidine groups is 1. The number of nitrogens with zero attached hydrogens (tertiary/aromatic N) is 4. The molecule has 0 unspecified atom stereocenters. The summed E-state index contributed by atoms with van der Waals surface area (Å²) in [6.45, 7) is 5.97. The van der Waals surface area contributed by atoms with Gasteiger partial charge >= 0.3 is 0 Å². The van der Waals surface area contributed by atoms with E-state index >= 15 is 0 Å². The Morgan fingerprint density at radius 2 is 1.96 bits per heavy atom. The van der Waals surface area contributed by atoms with E-state index in [4.69, 9.17) is 0 Å². The molecule has 9 heteroatoms. The van der Waals surface area contributed by atoms with Gasteiger partial charge in [-0.3, -0.25) is 9.79 Å². The minimum absolute atomic E-state index is 0.307. The standard InChI is InChI=1S/C18H26FN7O/c1-4-16-25-24-12-26(16)10-9-23-18(20-3)22-8-7-21-17(27)14-6-5-13(2)15(19)11-14/h5-6,11-12H,4,7-10H2,1-3H3,(H,21,27)(H2,20,22,23). The summed E-state index contributed by atoms with van der Waals surface area (Å²) in [7, 11) is 1.68. The lowest BCUT2D eigenvalue weighted by Gasteiger charge is -2.13. The molecular weight excluding hydrogens is 349 g/mol. The highest BCUT2D eigenvalue weighted by Gasteiger charge is 2.07. The second-order valence-corrected chi connectivity index (χ2v) is 5.94. The fourth-order valence-electron chi connectivity index (χ4n) is 2.45. The van der Waals surface area contributed by atoms with Crippen LogP contribution in [-0.2, 0) is 13.0 Å². The Labute approximate surface area is 158 Å². The van der Waals surface area contributed by atoms with E-state index in [1.807, 2.05) is 11.5 Å². The third-order valence-electron chi connectivity index (χ3n) is 4.02. The van der Waals surface area contributed by atoms with Gasteiger partial charge in [-0.25, -0.2) is 4.39 Å². The van der Waals surface area contributed by atoms with Crippen molar-refractivity contribution in [3.8, 4) is 0 Å². The van der Waals surface area contributed by atoms with E-state index in [0.717, 1.165) is 18.8 Å². The Morgan fingerprint density at radius 3 is 2.67 bits per heavy atom. The minimum Gasteiger partial charge on any atom is -0.355 e. The predicted octanol–water partition coefficient (Wildman–Crippen LogP) is 0.883. The zero-order chi connectivity index (χ0) is 19.6. The molecule has 0 radical (unpaired) electrons. The molecule has 8 nitrogen and oxygen atoms in total. The molecule has 0 fully saturated rings. The number of halogens is 1. The topological polar surface area (TPSA) is 96.2 Å². The molecule has 1 amide bonds. The summed E-state index contributed by atoms with van der Waals surface area (Å²) < 4.78 is 15.5. The zero-order valence-electron chi connectivity index (χ0n) is 15.9. The molecule has 1 aromatic heterocycles. The van der Waals surface area contributed by atoms with Gasteiger partial charge in [0, 0.05) is 45.2 Å². The fourth-order valence-corrected chi connectivity index (χ4v) is 2.45. The number of hydrogen-bond acceptors (Lipinski definition) is 4. The van der Waals surface area contributed by atoms with E-state index in [9.17, 15) is 9.18 Å². The van der Waals surface area contributed by atoms with Crippen molar-refractivity contribution in [2.45, 2.75) is 26.8 Å². The van der Waals surface area contributed by atoms with Gasteiger partial charge in [-0.1, -0.05) is 13.0 Å². The molecule has 3 N–H and O–H groups in total. The molecule has 1 aromatic carbocycles. The highest BCUT2D eigenvalue weighted by Crippen LogP contribution is 2.08. The molecule has 2 aromatic rings. The summed E-state index contributed by atoms with van der Waals surface area (Å²) in [5, 5.41) is 17.0. The summed E-state index contributed by atoms with van der Waals surface area (Å²) in [6, 6.07) is 4.44. The lowest BCUT2D eigenvalue weighted by Crippen LogP contribution is -2.42. The molecule has 0 aliphatic rings. The van der Waals surface area contributed by atoms with Gasteiger partial charge in [0.1, 0.15) is 18.0 Å². The van der Waals surface area contributed by atoms with E-state index < -0.39 is 0 Å². The lowest BCUT2D eigenvalue weighted by atomic mass is 10.1. The number of nitrogens with one attached hydrogen (secondary N) is 3. The van der Waals surface area contributed by atoms with Crippen LogP contribution in [0.4, 0.5) is 4.39 Å². The molecule has 0 spiro atoms. The number of aliphatic imine (C=N–C) groups is 1. The first-order chi connectivity index (χ1) is 13.0. The molecule has 146 valence electrons. The molecule has 2 rings (SSSR count). The molecule has 0 bridgehead atoms. The summed E-state index contributed by atoms with van der Waals surface area (Å²) in [6.07, 6.45) is 2.54. The first kappa shape index (κ1) is 20.3. The van der Waals surface area contributed by atoms with Crippen LogP contribution in [0.1, 0.15) is 28.7 Å². The number of benzene rings is 1. The highest BCUT2D eigenvalue weighted by molar-refractivity contribution is 5.94. The SMILES string of the molecule is CCc1nncn1CCNC(=NC)NCCNC(=O)c1ccc(C)c(F)c1. The van der Waals surface area contributed by atoms with Crippen molar-refractivity contribution in [3.05, 3.63) is 47.3 Å². The van der Waals surface area contributed by atoms with Crippen LogP contribution in [-0.4, -0.2) is 53.3 Å². The first-order valence-electron chi connectivity index (χ1n) is 8.90. The average Bonchev–Trinajstić information content (AvgIpc) is 3.13. The quantitative estimate of drug-likeness (QED) is 0.362. The van der Waals surface area contributed by atoms with Gasteiger partial charge in [-0.15, -0.1) is 10.2 Å². The lowest BCUT2D eigenvalue weighted by molar-refractivity contribution is 0.0954. The smallest absolute Gasteiger partial charge is 0.251 e. The van der Waals surface area contributed by atoms with Gasteiger partial charge in [0.2, 0.25) is 0 Å². The third-order valence-corrected chi connectivity index (χ3v) is 4.02. The summed E-state index contributed by atoms with van der Waals surface area (Å²) >= 11 is 0. The number of aromatic nitrogens is 3. The number of carbonyl (C=O) groups is 1. The van der Waals surface area contributed by atoms with E-state index in [1.54, 1.807) is 32.4 Å². The van der Waals surface area contributed by atoms with Crippen LogP contribution in [0.3, 0.4) is 0 Å². The Bertz CT molecular complexity index is 788. The Morgan fingerprint density at radius 1 is 1.22 bits per heavy atom. The monoisotopic (exact) mass is 375 g/mol. The Balaban J connectivity index is 1.68. The largest absolute Gasteiger partial charge is 0.355 e. The number of hydrogen-bond donors (Lipinski definition) is 3. The number of rotatable bonds is 8. The molecule has 0 aliphatic carbocycles. The van der Waals surface area contributed by atoms with Crippen LogP contribution >= 0.6 is 0 Å². The van der Waals surface area contributed by atoms with E-state index in [0.29, 0.717) is 36.7 Å². The molecular formula is C18H26FN7O. The molecule has 0 atom stereocenters. The second kappa shape index (κ2) is 10.2. The van der Waals surface area contributed by atoms with Crippen LogP contribution in [0, 0.1) is 12.7 Å². The Kier molecular flexibility index (Phi) is 7.72. The van der Waals surface area contributed by atoms with Gasteiger partial charge in [0.25, 0.3) is 5.91 Å².